The number of carbonyl (C=O) groups excluding carboxylic acids is 2. The van der Waals surface area contributed by atoms with Crippen molar-refractivity contribution in [1.82, 2.24) is 15.1 Å². The molecule has 1 fully saturated rings. The molecule has 0 radical (unpaired) electrons. The Morgan fingerprint density at radius 3 is 2.30 bits per heavy atom. The summed E-state index contributed by atoms with van der Waals surface area (Å²) in [5, 5.41) is 2.80. The quantitative estimate of drug-likeness (QED) is 0.899. The maximum Gasteiger partial charge on any atom is 0.317 e. The lowest BCUT2D eigenvalue weighted by Crippen LogP contribution is -2.42. The molecular formula is C20H21F2N3O2. The summed E-state index contributed by atoms with van der Waals surface area (Å²) in [5.74, 6) is -1.22. The van der Waals surface area contributed by atoms with E-state index in [1.54, 1.807) is 34.1 Å². The largest absolute Gasteiger partial charge is 0.337 e. The average molecular weight is 373 g/mol. The molecule has 1 aliphatic rings. The minimum Gasteiger partial charge on any atom is -0.337 e. The fourth-order valence-electron chi connectivity index (χ4n) is 3.02. The number of halogens is 2. The van der Waals surface area contributed by atoms with Crippen LogP contribution >= 0.6 is 0 Å². The van der Waals surface area contributed by atoms with E-state index in [2.05, 4.69) is 5.32 Å². The molecule has 142 valence electrons. The number of hydrogen-bond donors (Lipinski definition) is 1. The zero-order valence-corrected chi connectivity index (χ0v) is 14.8. The summed E-state index contributed by atoms with van der Waals surface area (Å²) in [6.45, 7) is 1.99. The van der Waals surface area contributed by atoms with Gasteiger partial charge >= 0.3 is 6.03 Å². The number of benzene rings is 2. The van der Waals surface area contributed by atoms with E-state index in [1.807, 2.05) is 0 Å². The van der Waals surface area contributed by atoms with Gasteiger partial charge in [0.25, 0.3) is 5.91 Å². The Hall–Kier alpha value is -2.96. The van der Waals surface area contributed by atoms with Gasteiger partial charge in [0.05, 0.1) is 5.56 Å². The first-order valence-electron chi connectivity index (χ1n) is 8.85. The van der Waals surface area contributed by atoms with Gasteiger partial charge < -0.3 is 15.1 Å². The van der Waals surface area contributed by atoms with Crippen molar-refractivity contribution >= 4 is 11.9 Å². The third-order valence-electron chi connectivity index (χ3n) is 4.53. The van der Waals surface area contributed by atoms with Crippen LogP contribution in [0.3, 0.4) is 0 Å². The summed E-state index contributed by atoms with van der Waals surface area (Å²) >= 11 is 0. The second kappa shape index (κ2) is 8.62. The van der Waals surface area contributed by atoms with Crippen LogP contribution < -0.4 is 5.32 Å². The van der Waals surface area contributed by atoms with Gasteiger partial charge in [-0.2, -0.15) is 0 Å². The predicted octanol–water partition coefficient (Wildman–Crippen LogP) is 3.02. The topological polar surface area (TPSA) is 52.7 Å². The van der Waals surface area contributed by atoms with E-state index < -0.39 is 5.82 Å². The van der Waals surface area contributed by atoms with E-state index >= 15 is 0 Å². The number of carbonyl (C=O) groups is 2. The van der Waals surface area contributed by atoms with Crippen LogP contribution in [0.1, 0.15) is 22.3 Å². The Morgan fingerprint density at radius 1 is 0.889 bits per heavy atom. The normalized spacial score (nSPS) is 14.6. The fourth-order valence-corrected chi connectivity index (χ4v) is 3.02. The average Bonchev–Trinajstić information content (AvgIpc) is 2.93. The lowest BCUT2D eigenvalue weighted by atomic mass is 10.2. The van der Waals surface area contributed by atoms with Gasteiger partial charge in [-0.1, -0.05) is 24.3 Å². The molecule has 1 aliphatic heterocycles. The van der Waals surface area contributed by atoms with Gasteiger partial charge in [0, 0.05) is 32.7 Å². The summed E-state index contributed by atoms with van der Waals surface area (Å²) in [6.07, 6.45) is 0.615. The number of nitrogens with zero attached hydrogens (tertiary/aromatic N) is 2. The maximum absolute atomic E-state index is 13.8. The number of nitrogens with one attached hydrogen (secondary N) is 1. The SMILES string of the molecule is O=C(NCc1ccc(F)cc1)N1CCCN(C(=O)c2ccccc2F)CC1. The molecule has 3 amide bonds. The Labute approximate surface area is 156 Å². The lowest BCUT2D eigenvalue weighted by Gasteiger charge is -2.22. The Balaban J connectivity index is 1.54. The first-order chi connectivity index (χ1) is 13.0. The maximum atomic E-state index is 13.8. The van der Waals surface area contributed by atoms with Crippen LogP contribution in [-0.2, 0) is 6.54 Å². The van der Waals surface area contributed by atoms with Crippen molar-refractivity contribution in [1.29, 1.82) is 0 Å². The second-order valence-electron chi connectivity index (χ2n) is 6.40. The standard InChI is InChI=1S/C20H21F2N3O2/c21-16-8-6-15(7-9-16)14-23-20(27)25-11-3-10-24(12-13-25)19(26)17-4-1-2-5-18(17)22/h1-2,4-9H,3,10-14H2,(H,23,27). The number of urea groups is 1. The summed E-state index contributed by atoms with van der Waals surface area (Å²) in [5.41, 5.74) is 0.850. The van der Waals surface area contributed by atoms with Crippen LogP contribution in [0, 0.1) is 11.6 Å². The highest BCUT2D eigenvalue weighted by atomic mass is 19.1. The van der Waals surface area contributed by atoms with Crippen molar-refractivity contribution in [2.75, 3.05) is 26.2 Å². The van der Waals surface area contributed by atoms with E-state index in [-0.39, 0.29) is 23.3 Å². The second-order valence-corrected chi connectivity index (χ2v) is 6.40. The van der Waals surface area contributed by atoms with E-state index in [9.17, 15) is 18.4 Å². The van der Waals surface area contributed by atoms with Crippen LogP contribution in [0.25, 0.3) is 0 Å². The van der Waals surface area contributed by atoms with Crippen LogP contribution in [-0.4, -0.2) is 47.9 Å². The Morgan fingerprint density at radius 2 is 1.56 bits per heavy atom. The molecule has 0 unspecified atom stereocenters. The molecule has 0 aliphatic carbocycles. The number of hydrogen-bond acceptors (Lipinski definition) is 2. The molecule has 0 saturated carbocycles. The number of amides is 3. The highest BCUT2D eigenvalue weighted by Crippen LogP contribution is 2.13. The van der Waals surface area contributed by atoms with Gasteiger partial charge in [0.1, 0.15) is 11.6 Å². The van der Waals surface area contributed by atoms with Gasteiger partial charge in [-0.15, -0.1) is 0 Å². The van der Waals surface area contributed by atoms with Crippen molar-refractivity contribution in [3.63, 3.8) is 0 Å². The molecule has 1 N–H and O–H groups in total. The minimum atomic E-state index is -0.541. The molecule has 27 heavy (non-hydrogen) atoms. The molecule has 1 saturated heterocycles. The molecule has 3 rings (SSSR count). The predicted molar refractivity (Wildman–Crippen MR) is 97.1 cm³/mol. The highest BCUT2D eigenvalue weighted by molar-refractivity contribution is 5.94. The van der Waals surface area contributed by atoms with E-state index in [4.69, 9.17) is 0 Å². The zero-order chi connectivity index (χ0) is 19.2. The van der Waals surface area contributed by atoms with Crippen molar-refractivity contribution in [3.8, 4) is 0 Å². The molecule has 1 heterocycles. The Bertz CT molecular complexity index is 811. The molecule has 2 aromatic rings. The van der Waals surface area contributed by atoms with Crippen LogP contribution in [0.4, 0.5) is 13.6 Å². The van der Waals surface area contributed by atoms with Gasteiger partial charge in [-0.05, 0) is 36.2 Å². The molecule has 2 aromatic carbocycles. The van der Waals surface area contributed by atoms with Crippen molar-refractivity contribution < 1.29 is 18.4 Å². The van der Waals surface area contributed by atoms with Crippen molar-refractivity contribution in [2.24, 2.45) is 0 Å². The smallest absolute Gasteiger partial charge is 0.317 e. The number of rotatable bonds is 3. The third-order valence-corrected chi connectivity index (χ3v) is 4.53. The van der Waals surface area contributed by atoms with Crippen LogP contribution in [0.5, 0.6) is 0 Å². The monoisotopic (exact) mass is 373 g/mol. The molecule has 0 aromatic heterocycles. The van der Waals surface area contributed by atoms with E-state index in [0.717, 1.165) is 5.56 Å². The molecule has 5 nitrogen and oxygen atoms in total. The summed E-state index contributed by atoms with van der Waals surface area (Å²) in [6, 6.07) is 11.6. The van der Waals surface area contributed by atoms with Gasteiger partial charge in [-0.25, -0.2) is 13.6 Å². The van der Waals surface area contributed by atoms with Gasteiger partial charge in [-0.3, -0.25) is 4.79 Å². The summed E-state index contributed by atoms with van der Waals surface area (Å²) < 4.78 is 26.8. The third kappa shape index (κ3) is 4.81. The van der Waals surface area contributed by atoms with Gasteiger partial charge in [0.15, 0.2) is 0 Å². The van der Waals surface area contributed by atoms with E-state index in [1.165, 1.54) is 24.3 Å². The Kier molecular flexibility index (Phi) is 6.01. The minimum absolute atomic E-state index is 0.0479. The van der Waals surface area contributed by atoms with Crippen molar-refractivity contribution in [2.45, 2.75) is 13.0 Å². The first-order valence-corrected chi connectivity index (χ1v) is 8.85. The fraction of sp³-hybridized carbons (Fsp3) is 0.300. The first kappa shape index (κ1) is 18.8. The van der Waals surface area contributed by atoms with Crippen molar-refractivity contribution in [3.05, 3.63) is 71.3 Å². The molecule has 0 atom stereocenters. The molecule has 0 bridgehead atoms. The van der Waals surface area contributed by atoms with E-state index in [0.29, 0.717) is 39.1 Å². The van der Waals surface area contributed by atoms with Crippen LogP contribution in [0.2, 0.25) is 0 Å². The summed E-state index contributed by atoms with van der Waals surface area (Å²) in [7, 11) is 0. The van der Waals surface area contributed by atoms with Gasteiger partial charge in [0.2, 0.25) is 0 Å². The summed E-state index contributed by atoms with van der Waals surface area (Å²) in [4.78, 5) is 28.1. The van der Waals surface area contributed by atoms with Crippen LogP contribution in [0.15, 0.2) is 48.5 Å². The molecule has 0 spiro atoms. The zero-order valence-electron chi connectivity index (χ0n) is 14.8. The molecule has 7 heteroatoms. The molecular weight excluding hydrogens is 352 g/mol. The highest BCUT2D eigenvalue weighted by Gasteiger charge is 2.24. The lowest BCUT2D eigenvalue weighted by molar-refractivity contribution is 0.0757.